The highest BCUT2D eigenvalue weighted by molar-refractivity contribution is 6.94. The van der Waals surface area contributed by atoms with E-state index < -0.39 is 0 Å². The smallest absolute Gasteiger partial charge is 0.333 e. The summed E-state index contributed by atoms with van der Waals surface area (Å²) in [5.74, 6) is 0. The minimum atomic E-state index is -0.155. The summed E-state index contributed by atoms with van der Waals surface area (Å²) in [5, 5.41) is 2.50. The van der Waals surface area contributed by atoms with Crippen LogP contribution >= 0.6 is 0 Å². The number of unbranched alkanes of at least 4 members (excludes halogenated alkanes) is 2. The molecule has 12 rings (SSSR count). The minimum Gasteiger partial charge on any atom is -0.376 e. The number of aryl methyl sites for hydroxylation is 4. The van der Waals surface area contributed by atoms with Gasteiger partial charge in [-0.25, -0.2) is 0 Å². The maximum absolute atomic E-state index is 2.71. The van der Waals surface area contributed by atoms with Crippen LogP contribution in [0.5, 0.6) is 0 Å². The zero-order valence-corrected chi connectivity index (χ0v) is 48.3. The van der Waals surface area contributed by atoms with E-state index in [0.717, 1.165) is 36.3 Å². The summed E-state index contributed by atoms with van der Waals surface area (Å²) in [6, 6.07) is 68.9. The van der Waals surface area contributed by atoms with Crippen molar-refractivity contribution in [1.82, 2.24) is 0 Å². The average molecular weight is 1020 g/mol. The molecular formula is C74H78BN3. The van der Waals surface area contributed by atoms with Crippen molar-refractivity contribution in [3.05, 3.63) is 215 Å². The van der Waals surface area contributed by atoms with Gasteiger partial charge in [0.1, 0.15) is 0 Å². The van der Waals surface area contributed by atoms with Crippen LogP contribution in [0.25, 0.3) is 33.0 Å². The number of anilines is 8. The predicted octanol–water partition coefficient (Wildman–Crippen LogP) is 19.6. The molecule has 2 heterocycles. The monoisotopic (exact) mass is 1020 g/mol. The molecule has 78 heavy (non-hydrogen) atoms. The molecule has 3 aliphatic rings. The molecule has 4 heteroatoms. The van der Waals surface area contributed by atoms with Crippen LogP contribution in [-0.2, 0) is 29.1 Å². The van der Waals surface area contributed by atoms with Gasteiger partial charge >= 0.3 is 6.85 Å². The molecule has 0 spiro atoms. The topological polar surface area (TPSA) is 9.72 Å². The van der Waals surface area contributed by atoms with Crippen LogP contribution < -0.4 is 25.5 Å². The van der Waals surface area contributed by atoms with Crippen molar-refractivity contribution < 1.29 is 0 Å². The van der Waals surface area contributed by atoms with Gasteiger partial charge < -0.3 is 14.6 Å². The Hall–Kier alpha value is -7.30. The van der Waals surface area contributed by atoms with E-state index in [4.69, 9.17) is 0 Å². The van der Waals surface area contributed by atoms with Crippen LogP contribution in [0.3, 0.4) is 0 Å². The fourth-order valence-corrected chi connectivity index (χ4v) is 13.3. The highest BCUT2D eigenvalue weighted by Gasteiger charge is 2.47. The van der Waals surface area contributed by atoms with Gasteiger partial charge in [-0.2, -0.15) is 0 Å². The second-order valence-corrected chi connectivity index (χ2v) is 25.4. The number of hydrogen-bond acceptors (Lipinski definition) is 3. The Labute approximate surface area is 467 Å². The molecule has 0 N–H and O–H groups in total. The van der Waals surface area contributed by atoms with Gasteiger partial charge in [0, 0.05) is 56.4 Å². The summed E-state index contributed by atoms with van der Waals surface area (Å²) in [7, 11) is 0. The van der Waals surface area contributed by atoms with Gasteiger partial charge in [-0.1, -0.05) is 184 Å². The minimum absolute atomic E-state index is 0.0120. The molecule has 0 aromatic heterocycles. The zero-order valence-electron chi connectivity index (χ0n) is 48.3. The largest absolute Gasteiger partial charge is 0.376 e. The van der Waals surface area contributed by atoms with E-state index in [1.54, 1.807) is 0 Å². The third kappa shape index (κ3) is 8.94. The standard InChI is InChI=1S/C74H78BN3/c1-12-14-21-51-26-33-56(34-27-51)76(57-35-28-52(29-36-57)22-15-13-2)59-39-41-66-68(47-59)77(67-48-65-64(44-50(67)4)73(8,9)42-43-74(65,10)11)69-46-54(60-24-18-16-20-49(60)3)45-63-62-40-30-53-23-17-19-25-61(53)71(62)78(75(66)70(63)69)58-37-31-55(32-38-58)72(5,6)7/h16-20,23-41,44-48H,12-15,21-22,42-43H2,1-11H3. The van der Waals surface area contributed by atoms with E-state index in [9.17, 15) is 0 Å². The highest BCUT2D eigenvalue weighted by atomic mass is 15.2. The summed E-state index contributed by atoms with van der Waals surface area (Å²) in [4.78, 5) is 7.93. The number of rotatable bonds is 12. The van der Waals surface area contributed by atoms with Crippen LogP contribution in [0.4, 0.5) is 45.5 Å². The Morgan fingerprint density at radius 3 is 1.76 bits per heavy atom. The van der Waals surface area contributed by atoms with E-state index in [1.807, 2.05) is 0 Å². The third-order valence-corrected chi connectivity index (χ3v) is 18.1. The lowest BCUT2D eigenvalue weighted by molar-refractivity contribution is 0.332. The number of hydrogen-bond donors (Lipinski definition) is 0. The molecule has 0 unspecified atom stereocenters. The van der Waals surface area contributed by atoms with Crippen molar-refractivity contribution in [1.29, 1.82) is 0 Å². The van der Waals surface area contributed by atoms with Gasteiger partial charge in [0.25, 0.3) is 0 Å². The Morgan fingerprint density at radius 2 is 1.13 bits per heavy atom. The lowest BCUT2D eigenvalue weighted by Crippen LogP contribution is -2.61. The van der Waals surface area contributed by atoms with Gasteiger partial charge in [0.15, 0.2) is 0 Å². The number of nitrogens with zero attached hydrogens (tertiary/aromatic N) is 3. The molecule has 392 valence electrons. The van der Waals surface area contributed by atoms with E-state index in [0.29, 0.717) is 0 Å². The lowest BCUT2D eigenvalue weighted by atomic mass is 9.43. The van der Waals surface area contributed by atoms with E-state index in [1.165, 1.54) is 143 Å². The second kappa shape index (κ2) is 19.9. The molecule has 3 nitrogen and oxygen atoms in total. The van der Waals surface area contributed by atoms with Gasteiger partial charge in [-0.05, 0) is 207 Å². The SMILES string of the molecule is CCCCc1ccc(N(c2ccc(CCCC)cc2)c2ccc3c(c2)N(c2cc4c(cc2C)C(C)(C)CCC4(C)C)c2cc(-c4ccccc4C)cc4c2B3N(c2ccc(C(C)(C)C)cc2)c2c-4ccc3ccccc23)cc1. The van der Waals surface area contributed by atoms with Crippen molar-refractivity contribution >= 4 is 74.0 Å². The first-order valence-electron chi connectivity index (χ1n) is 29.3. The van der Waals surface area contributed by atoms with Crippen LogP contribution in [0.15, 0.2) is 176 Å². The molecule has 2 aliphatic heterocycles. The van der Waals surface area contributed by atoms with Crippen LogP contribution in [0.1, 0.15) is 140 Å². The molecular weight excluding hydrogens is 942 g/mol. The molecule has 0 saturated carbocycles. The predicted molar refractivity (Wildman–Crippen MR) is 338 cm³/mol. The summed E-state index contributed by atoms with van der Waals surface area (Å²) in [5.41, 5.74) is 27.0. The normalized spacial score (nSPS) is 14.9. The van der Waals surface area contributed by atoms with Gasteiger partial charge in [0.2, 0.25) is 0 Å². The molecule has 0 atom stereocenters. The van der Waals surface area contributed by atoms with Crippen molar-refractivity contribution in [2.45, 2.75) is 144 Å². The highest BCUT2D eigenvalue weighted by Crippen LogP contribution is 2.54. The summed E-state index contributed by atoms with van der Waals surface area (Å²) in [6.07, 6.45) is 9.24. The zero-order chi connectivity index (χ0) is 54.3. The van der Waals surface area contributed by atoms with E-state index in [2.05, 4.69) is 267 Å². The van der Waals surface area contributed by atoms with Crippen LogP contribution in [0.2, 0.25) is 0 Å². The van der Waals surface area contributed by atoms with Crippen molar-refractivity contribution in [2.75, 3.05) is 14.6 Å². The summed E-state index contributed by atoms with van der Waals surface area (Å²) >= 11 is 0. The fraction of sp³-hybridized carbons (Fsp3) is 0.297. The second-order valence-electron chi connectivity index (χ2n) is 25.4. The summed E-state index contributed by atoms with van der Waals surface area (Å²) < 4.78 is 0. The fourth-order valence-electron chi connectivity index (χ4n) is 13.3. The Morgan fingerprint density at radius 1 is 0.526 bits per heavy atom. The number of benzene rings is 9. The van der Waals surface area contributed by atoms with E-state index >= 15 is 0 Å². The van der Waals surface area contributed by atoms with Crippen molar-refractivity contribution in [2.24, 2.45) is 0 Å². The first kappa shape index (κ1) is 51.5. The van der Waals surface area contributed by atoms with Crippen molar-refractivity contribution in [3.63, 3.8) is 0 Å². The third-order valence-electron chi connectivity index (χ3n) is 18.1. The van der Waals surface area contributed by atoms with Crippen LogP contribution in [-0.4, -0.2) is 6.85 Å². The summed E-state index contributed by atoms with van der Waals surface area (Å²) in [6.45, 7) is 25.9. The molecule has 9 aromatic carbocycles. The number of fused-ring (bicyclic) bond motifs is 7. The molecule has 0 radical (unpaired) electrons. The Kier molecular flexibility index (Phi) is 13.1. The molecule has 0 fully saturated rings. The van der Waals surface area contributed by atoms with Crippen LogP contribution in [0, 0.1) is 13.8 Å². The Balaban J connectivity index is 1.19. The maximum atomic E-state index is 2.71. The molecule has 1 aliphatic carbocycles. The lowest BCUT2D eigenvalue weighted by Gasteiger charge is -2.47. The Bertz CT molecular complexity index is 3670. The maximum Gasteiger partial charge on any atom is 0.333 e. The van der Waals surface area contributed by atoms with Gasteiger partial charge in [-0.15, -0.1) is 0 Å². The quantitative estimate of drug-likeness (QED) is 0.113. The van der Waals surface area contributed by atoms with E-state index in [-0.39, 0.29) is 23.1 Å². The molecule has 0 amide bonds. The molecule has 9 aromatic rings. The first-order valence-corrected chi connectivity index (χ1v) is 29.3. The molecule has 0 bridgehead atoms. The van der Waals surface area contributed by atoms with Crippen molar-refractivity contribution in [3.8, 4) is 22.3 Å². The first-order chi connectivity index (χ1) is 37.5. The molecule has 0 saturated heterocycles. The average Bonchev–Trinajstić information content (AvgIpc) is 3.63. The van der Waals surface area contributed by atoms with Gasteiger partial charge in [-0.3, -0.25) is 0 Å². The van der Waals surface area contributed by atoms with Gasteiger partial charge in [0.05, 0.1) is 0 Å².